The van der Waals surface area contributed by atoms with Gasteiger partial charge < -0.3 is 14.9 Å². The number of aryl methyl sites for hydroxylation is 1. The molecule has 5 heterocycles. The first-order valence-corrected chi connectivity index (χ1v) is 11.2. The Labute approximate surface area is 196 Å². The molecule has 0 aliphatic carbocycles. The number of aromatic amines is 2. The molecule has 0 amide bonds. The highest BCUT2D eigenvalue weighted by molar-refractivity contribution is 5.98. The van der Waals surface area contributed by atoms with Crippen LogP contribution in [0.25, 0.3) is 50.1 Å². The van der Waals surface area contributed by atoms with Crippen molar-refractivity contribution in [3.05, 3.63) is 73.2 Å². The Morgan fingerprint density at radius 1 is 0.971 bits per heavy atom. The molecule has 3 N–H and O–H groups in total. The van der Waals surface area contributed by atoms with Crippen molar-refractivity contribution in [2.75, 3.05) is 5.32 Å². The van der Waals surface area contributed by atoms with Crippen molar-refractivity contribution in [1.29, 1.82) is 0 Å². The van der Waals surface area contributed by atoms with Crippen molar-refractivity contribution >= 4 is 27.6 Å². The molecule has 6 rings (SSSR count). The lowest BCUT2D eigenvalue weighted by atomic mass is 10.0. The van der Waals surface area contributed by atoms with Crippen LogP contribution in [0, 0.1) is 6.92 Å². The largest absolute Gasteiger partial charge is 0.382 e. The average molecular weight is 449 g/mol. The molecule has 0 saturated carbocycles. The lowest BCUT2D eigenvalue weighted by molar-refractivity contribution is 0.898. The van der Waals surface area contributed by atoms with Gasteiger partial charge in [-0.3, -0.25) is 10.1 Å². The second kappa shape index (κ2) is 7.84. The lowest BCUT2D eigenvalue weighted by Gasteiger charge is -2.11. The summed E-state index contributed by atoms with van der Waals surface area (Å²) in [6.45, 7) is 6.21. The number of nitrogens with zero attached hydrogens (tertiary/aromatic N) is 5. The number of aromatic nitrogens is 7. The fourth-order valence-corrected chi connectivity index (χ4v) is 4.33. The lowest BCUT2D eigenvalue weighted by Crippen LogP contribution is -2.09. The minimum atomic E-state index is 0.340. The Balaban J connectivity index is 1.45. The van der Waals surface area contributed by atoms with E-state index in [9.17, 15) is 0 Å². The number of nitrogens with one attached hydrogen (secondary N) is 3. The van der Waals surface area contributed by atoms with Gasteiger partial charge in [0.2, 0.25) is 0 Å². The second-order valence-electron chi connectivity index (χ2n) is 8.79. The number of anilines is 1. The zero-order valence-corrected chi connectivity index (χ0v) is 19.2. The maximum Gasteiger partial charge on any atom is 0.139 e. The van der Waals surface area contributed by atoms with E-state index in [0.29, 0.717) is 6.04 Å². The van der Waals surface area contributed by atoms with Crippen LogP contribution in [0.3, 0.4) is 0 Å². The van der Waals surface area contributed by atoms with Crippen LogP contribution in [0.15, 0.2) is 67.5 Å². The van der Waals surface area contributed by atoms with Crippen molar-refractivity contribution in [2.24, 2.45) is 0 Å². The summed E-state index contributed by atoms with van der Waals surface area (Å²) in [5.41, 5.74) is 8.67. The third-order valence-corrected chi connectivity index (χ3v) is 5.84. The van der Waals surface area contributed by atoms with Gasteiger partial charge in [0.05, 0.1) is 34.6 Å². The maximum atomic E-state index is 4.63. The first-order valence-electron chi connectivity index (χ1n) is 11.2. The number of hydrogen-bond donors (Lipinski definition) is 3. The van der Waals surface area contributed by atoms with Gasteiger partial charge in [0.1, 0.15) is 11.3 Å². The predicted octanol–water partition coefficient (Wildman–Crippen LogP) is 5.48. The highest BCUT2D eigenvalue weighted by Crippen LogP contribution is 2.33. The summed E-state index contributed by atoms with van der Waals surface area (Å²) in [6.07, 6.45) is 9.37. The van der Waals surface area contributed by atoms with Crippen LogP contribution in [0.5, 0.6) is 0 Å². The fraction of sp³-hybridized carbons (Fsp3) is 0.154. The maximum absolute atomic E-state index is 4.63. The van der Waals surface area contributed by atoms with E-state index >= 15 is 0 Å². The molecule has 0 saturated heterocycles. The van der Waals surface area contributed by atoms with E-state index in [1.807, 2.05) is 42.5 Å². The van der Waals surface area contributed by atoms with Gasteiger partial charge in [0.25, 0.3) is 0 Å². The molecule has 8 nitrogen and oxygen atoms in total. The highest BCUT2D eigenvalue weighted by Gasteiger charge is 2.15. The number of H-pyrrole nitrogens is 2. The Kier molecular flexibility index (Phi) is 4.65. The van der Waals surface area contributed by atoms with Gasteiger partial charge in [-0.25, -0.2) is 9.97 Å². The van der Waals surface area contributed by atoms with Crippen LogP contribution in [-0.2, 0) is 0 Å². The van der Waals surface area contributed by atoms with E-state index in [4.69, 9.17) is 0 Å². The highest BCUT2D eigenvalue weighted by atomic mass is 15.1. The van der Waals surface area contributed by atoms with E-state index in [0.717, 1.165) is 61.5 Å². The summed E-state index contributed by atoms with van der Waals surface area (Å²) < 4.78 is 2.02. The van der Waals surface area contributed by atoms with Crippen molar-refractivity contribution in [3.8, 4) is 28.2 Å². The van der Waals surface area contributed by atoms with E-state index in [2.05, 4.69) is 79.6 Å². The van der Waals surface area contributed by atoms with Gasteiger partial charge in [-0.1, -0.05) is 6.07 Å². The normalized spacial score (nSPS) is 11.6. The smallest absolute Gasteiger partial charge is 0.139 e. The van der Waals surface area contributed by atoms with E-state index in [-0.39, 0.29) is 0 Å². The molecule has 0 spiro atoms. The van der Waals surface area contributed by atoms with Crippen molar-refractivity contribution in [1.82, 2.24) is 34.7 Å². The molecule has 0 atom stereocenters. The minimum Gasteiger partial charge on any atom is -0.382 e. The summed E-state index contributed by atoms with van der Waals surface area (Å²) >= 11 is 0. The monoisotopic (exact) mass is 448 g/mol. The molecule has 0 aliphatic rings. The summed E-state index contributed by atoms with van der Waals surface area (Å²) in [5.74, 6) is 0. The summed E-state index contributed by atoms with van der Waals surface area (Å²) in [7, 11) is 0. The van der Waals surface area contributed by atoms with E-state index in [1.54, 1.807) is 6.20 Å². The predicted molar refractivity (Wildman–Crippen MR) is 135 cm³/mol. The fourth-order valence-electron chi connectivity index (χ4n) is 4.33. The molecule has 8 heteroatoms. The van der Waals surface area contributed by atoms with Crippen molar-refractivity contribution in [2.45, 2.75) is 26.8 Å². The zero-order valence-electron chi connectivity index (χ0n) is 19.2. The van der Waals surface area contributed by atoms with Gasteiger partial charge in [-0.05, 0) is 56.7 Å². The third-order valence-electron chi connectivity index (χ3n) is 5.84. The molecule has 34 heavy (non-hydrogen) atoms. The molecule has 0 fully saturated rings. The molecule has 168 valence electrons. The average Bonchev–Trinajstić information content (AvgIpc) is 3.55. The molecular formula is C26H24N8. The molecule has 0 radical (unpaired) electrons. The first kappa shape index (κ1) is 20.2. The number of fused-ring (bicyclic) bond motifs is 2. The number of hydrogen-bond acceptors (Lipinski definition) is 5. The van der Waals surface area contributed by atoms with Gasteiger partial charge in [-0.2, -0.15) is 5.10 Å². The number of imidazole rings is 1. The molecule has 1 aromatic carbocycles. The topological polar surface area (TPSA) is 100 Å². The van der Waals surface area contributed by atoms with Crippen molar-refractivity contribution in [3.63, 3.8) is 0 Å². The van der Waals surface area contributed by atoms with Gasteiger partial charge in [0, 0.05) is 47.2 Å². The Morgan fingerprint density at radius 3 is 2.71 bits per heavy atom. The molecule has 5 aromatic heterocycles. The van der Waals surface area contributed by atoms with Crippen LogP contribution in [0.1, 0.15) is 19.5 Å². The minimum absolute atomic E-state index is 0.340. The van der Waals surface area contributed by atoms with Crippen molar-refractivity contribution < 1.29 is 0 Å². The molecule has 0 aliphatic heterocycles. The first-order chi connectivity index (χ1) is 16.5. The van der Waals surface area contributed by atoms with E-state index in [1.165, 1.54) is 0 Å². The standard InChI is InChI=1S/C26H24N8/c1-15(2)30-19-8-18(11-27-12-19)17-4-5-22-20(9-17)25(33-32-22)23-10-21-24(6-7-28-26(21)31-23)34-13-16(3)29-14-34/h4-15,30H,1-3H3,(H,28,31)(H,32,33). The Morgan fingerprint density at radius 2 is 1.88 bits per heavy atom. The number of benzene rings is 1. The summed E-state index contributed by atoms with van der Waals surface area (Å²) in [5, 5.41) is 13.3. The Bertz CT molecular complexity index is 1640. The zero-order chi connectivity index (χ0) is 23.2. The van der Waals surface area contributed by atoms with Gasteiger partial charge in [-0.15, -0.1) is 0 Å². The SMILES string of the molecule is Cc1cn(-c2ccnc3[nH]c(-c4n[nH]c5ccc(-c6cncc(NC(C)C)c6)cc45)cc23)cn1. The van der Waals surface area contributed by atoms with Crippen LogP contribution < -0.4 is 5.32 Å². The van der Waals surface area contributed by atoms with Crippen LogP contribution >= 0.6 is 0 Å². The van der Waals surface area contributed by atoms with Crippen LogP contribution in [-0.4, -0.2) is 40.7 Å². The number of pyridine rings is 2. The second-order valence-corrected chi connectivity index (χ2v) is 8.79. The van der Waals surface area contributed by atoms with Crippen LogP contribution in [0.4, 0.5) is 5.69 Å². The summed E-state index contributed by atoms with van der Waals surface area (Å²) in [6, 6.07) is 12.9. The Hall–Kier alpha value is -4.46. The quantitative estimate of drug-likeness (QED) is 0.324. The van der Waals surface area contributed by atoms with Gasteiger partial charge >= 0.3 is 0 Å². The number of rotatable bonds is 5. The molecule has 0 bridgehead atoms. The van der Waals surface area contributed by atoms with Gasteiger partial charge in [0.15, 0.2) is 0 Å². The van der Waals surface area contributed by atoms with Crippen LogP contribution in [0.2, 0.25) is 0 Å². The van der Waals surface area contributed by atoms with E-state index < -0.39 is 0 Å². The summed E-state index contributed by atoms with van der Waals surface area (Å²) in [4.78, 5) is 16.8. The third kappa shape index (κ3) is 3.49. The molecular weight excluding hydrogens is 424 g/mol. The molecule has 0 unspecified atom stereocenters. The molecule has 6 aromatic rings.